The van der Waals surface area contributed by atoms with Gasteiger partial charge in [-0.05, 0) is 19.3 Å². The van der Waals surface area contributed by atoms with Crippen LogP contribution in [0.1, 0.15) is 19.3 Å². The number of carbonyl (C=O) groups excluding carboxylic acids is 1. The molecule has 1 saturated carbocycles. The molecule has 2 unspecified atom stereocenters. The van der Waals surface area contributed by atoms with Crippen LogP contribution in [0.15, 0.2) is 12.2 Å². The summed E-state index contributed by atoms with van der Waals surface area (Å²) in [6.07, 6.45) is -3.21. The number of hydrogen-bond donors (Lipinski definition) is 1. The zero-order chi connectivity index (χ0) is 10.9. The molecule has 0 aromatic carbocycles. The second kappa shape index (κ2) is 3.73. The summed E-state index contributed by atoms with van der Waals surface area (Å²) >= 11 is 0. The first-order valence-electron chi connectivity index (χ1n) is 4.38. The molecule has 0 radical (unpaired) electrons. The minimum atomic E-state index is -4.61. The van der Waals surface area contributed by atoms with Crippen molar-refractivity contribution >= 4 is 5.78 Å². The summed E-state index contributed by atoms with van der Waals surface area (Å²) in [6.45, 7) is 2.78. The number of nitrogens with two attached hydrogens (primary N) is 1. The van der Waals surface area contributed by atoms with Crippen LogP contribution < -0.4 is 5.73 Å². The van der Waals surface area contributed by atoms with E-state index in [1.807, 2.05) is 0 Å². The molecule has 14 heavy (non-hydrogen) atoms. The van der Waals surface area contributed by atoms with Crippen LogP contribution in [0.5, 0.6) is 0 Å². The van der Waals surface area contributed by atoms with Gasteiger partial charge in [0.25, 0.3) is 0 Å². The Bertz CT molecular complexity index is 259. The molecule has 0 bridgehead atoms. The van der Waals surface area contributed by atoms with Gasteiger partial charge in [-0.25, -0.2) is 0 Å². The fraction of sp³-hybridized carbons (Fsp3) is 0.667. The monoisotopic (exact) mass is 207 g/mol. The number of alkyl halides is 3. The molecule has 2 atom stereocenters. The predicted octanol–water partition coefficient (Wildman–Crippen LogP) is 1.80. The third-order valence-corrected chi connectivity index (χ3v) is 2.48. The summed E-state index contributed by atoms with van der Waals surface area (Å²) in [5.74, 6) is -1.48. The molecule has 2 nitrogen and oxygen atoms in total. The third-order valence-electron chi connectivity index (χ3n) is 2.48. The number of carbonyl (C=O) groups is 1. The van der Waals surface area contributed by atoms with Crippen molar-refractivity contribution in [2.45, 2.75) is 31.5 Å². The van der Waals surface area contributed by atoms with Crippen LogP contribution in [0.4, 0.5) is 13.2 Å². The van der Waals surface area contributed by atoms with Crippen molar-refractivity contribution in [3.63, 3.8) is 0 Å². The van der Waals surface area contributed by atoms with Crippen molar-refractivity contribution in [3.8, 4) is 0 Å². The summed E-state index contributed by atoms with van der Waals surface area (Å²) in [6, 6.07) is -0.148. The molecule has 0 aromatic rings. The highest BCUT2D eigenvalue weighted by atomic mass is 19.4. The second-order valence-electron chi connectivity index (χ2n) is 3.61. The van der Waals surface area contributed by atoms with E-state index in [1.54, 1.807) is 0 Å². The van der Waals surface area contributed by atoms with Crippen molar-refractivity contribution < 1.29 is 18.0 Å². The Labute approximate surface area is 80.0 Å². The van der Waals surface area contributed by atoms with E-state index in [4.69, 9.17) is 5.73 Å². The Hall–Kier alpha value is -0.840. The fourth-order valence-electron chi connectivity index (χ4n) is 1.64. The summed E-state index contributed by atoms with van der Waals surface area (Å²) in [4.78, 5) is 11.3. The highest BCUT2D eigenvalue weighted by molar-refractivity contribution is 5.97. The summed E-state index contributed by atoms with van der Waals surface area (Å²) in [7, 11) is 0. The summed E-state index contributed by atoms with van der Waals surface area (Å²) in [5.41, 5.74) is 4.26. The molecule has 1 rings (SSSR count). The molecule has 0 amide bonds. The maximum atomic E-state index is 12.1. The van der Waals surface area contributed by atoms with E-state index >= 15 is 0 Å². The van der Waals surface area contributed by atoms with Crippen LogP contribution in [0.25, 0.3) is 0 Å². The third kappa shape index (κ3) is 2.35. The lowest BCUT2D eigenvalue weighted by atomic mass is 9.96. The van der Waals surface area contributed by atoms with Crippen molar-refractivity contribution in [2.75, 3.05) is 0 Å². The fourth-order valence-corrected chi connectivity index (χ4v) is 1.64. The van der Waals surface area contributed by atoms with Gasteiger partial charge in [0.1, 0.15) is 0 Å². The van der Waals surface area contributed by atoms with Crippen LogP contribution in [0, 0.1) is 5.92 Å². The van der Waals surface area contributed by atoms with Crippen LogP contribution in [-0.4, -0.2) is 18.0 Å². The Morgan fingerprint density at radius 1 is 1.36 bits per heavy atom. The summed E-state index contributed by atoms with van der Waals surface area (Å²) < 4.78 is 36.3. The minimum Gasteiger partial charge on any atom is -0.328 e. The normalized spacial score (nSPS) is 27.7. The van der Waals surface area contributed by atoms with Crippen LogP contribution in [0.3, 0.4) is 0 Å². The molecular formula is C9H12F3NO. The topological polar surface area (TPSA) is 43.1 Å². The van der Waals surface area contributed by atoms with Crippen molar-refractivity contribution in [1.82, 2.24) is 0 Å². The number of allylic oxidation sites excluding steroid dienone is 1. The Morgan fingerprint density at radius 2 is 1.93 bits per heavy atom. The van der Waals surface area contributed by atoms with Gasteiger partial charge in [-0.1, -0.05) is 6.58 Å². The highest BCUT2D eigenvalue weighted by Gasteiger charge is 2.40. The van der Waals surface area contributed by atoms with Crippen molar-refractivity contribution in [2.24, 2.45) is 11.7 Å². The van der Waals surface area contributed by atoms with E-state index in [0.717, 1.165) is 0 Å². The maximum absolute atomic E-state index is 12.1. The van der Waals surface area contributed by atoms with Gasteiger partial charge in [0, 0.05) is 12.0 Å². The van der Waals surface area contributed by atoms with Crippen molar-refractivity contribution in [1.29, 1.82) is 0 Å². The van der Waals surface area contributed by atoms with Gasteiger partial charge in [-0.2, -0.15) is 13.2 Å². The number of Topliss-reactive ketones (excluding diaryl/α,β-unsaturated/α-hetero) is 1. The maximum Gasteiger partial charge on any atom is 0.419 e. The molecular weight excluding hydrogens is 195 g/mol. The molecule has 0 aliphatic heterocycles. The first kappa shape index (κ1) is 11.2. The van der Waals surface area contributed by atoms with Gasteiger partial charge in [0.05, 0.1) is 5.57 Å². The van der Waals surface area contributed by atoms with E-state index < -0.39 is 23.5 Å². The number of ketones is 1. The molecule has 0 heterocycles. The van der Waals surface area contributed by atoms with Gasteiger partial charge in [-0.15, -0.1) is 0 Å². The molecule has 1 aliphatic rings. The smallest absolute Gasteiger partial charge is 0.328 e. The van der Waals surface area contributed by atoms with E-state index in [0.29, 0.717) is 19.3 Å². The van der Waals surface area contributed by atoms with E-state index in [9.17, 15) is 18.0 Å². The molecule has 0 saturated heterocycles. The zero-order valence-corrected chi connectivity index (χ0v) is 7.60. The molecule has 5 heteroatoms. The zero-order valence-electron chi connectivity index (χ0n) is 7.60. The number of rotatable bonds is 2. The molecule has 1 fully saturated rings. The second-order valence-corrected chi connectivity index (χ2v) is 3.61. The van der Waals surface area contributed by atoms with Gasteiger partial charge in [0.2, 0.25) is 0 Å². The van der Waals surface area contributed by atoms with Crippen LogP contribution >= 0.6 is 0 Å². The van der Waals surface area contributed by atoms with E-state index in [-0.39, 0.29) is 6.04 Å². The standard InChI is InChI=1S/C9H12F3NO/c1-5(9(10,11)12)8(14)6-2-3-7(13)4-6/h6-7H,1-4,13H2. The lowest BCUT2D eigenvalue weighted by Gasteiger charge is -2.13. The Kier molecular flexibility index (Phi) is 2.99. The molecule has 0 aromatic heterocycles. The first-order chi connectivity index (χ1) is 6.32. The minimum absolute atomic E-state index is 0.148. The summed E-state index contributed by atoms with van der Waals surface area (Å²) in [5, 5.41) is 0. The Balaban J connectivity index is 2.63. The number of halogens is 3. The highest BCUT2D eigenvalue weighted by Crippen LogP contribution is 2.32. The average Bonchev–Trinajstić information content (AvgIpc) is 2.47. The van der Waals surface area contributed by atoms with E-state index in [2.05, 4.69) is 6.58 Å². The molecule has 1 aliphatic carbocycles. The SMILES string of the molecule is C=C(C(=O)C1CCC(N)C1)C(F)(F)F. The van der Waals surface area contributed by atoms with Gasteiger partial charge < -0.3 is 5.73 Å². The largest absolute Gasteiger partial charge is 0.419 e. The average molecular weight is 207 g/mol. The molecule has 2 N–H and O–H groups in total. The van der Waals surface area contributed by atoms with Gasteiger partial charge >= 0.3 is 6.18 Å². The van der Waals surface area contributed by atoms with Gasteiger partial charge in [-0.3, -0.25) is 4.79 Å². The number of hydrogen-bond acceptors (Lipinski definition) is 2. The van der Waals surface area contributed by atoms with Gasteiger partial charge in [0.15, 0.2) is 5.78 Å². The molecule has 0 spiro atoms. The lowest BCUT2D eigenvalue weighted by Crippen LogP contribution is -2.25. The first-order valence-corrected chi connectivity index (χ1v) is 4.38. The van der Waals surface area contributed by atoms with E-state index in [1.165, 1.54) is 0 Å². The lowest BCUT2D eigenvalue weighted by molar-refractivity contribution is -0.131. The predicted molar refractivity (Wildman–Crippen MR) is 45.5 cm³/mol. The molecule has 80 valence electrons. The Morgan fingerprint density at radius 3 is 2.29 bits per heavy atom. The van der Waals surface area contributed by atoms with Crippen LogP contribution in [-0.2, 0) is 4.79 Å². The quantitative estimate of drug-likeness (QED) is 0.701. The van der Waals surface area contributed by atoms with Crippen molar-refractivity contribution in [3.05, 3.63) is 12.2 Å². The van der Waals surface area contributed by atoms with Crippen LogP contribution in [0.2, 0.25) is 0 Å².